The van der Waals surface area contributed by atoms with E-state index in [1.807, 2.05) is 6.07 Å². The number of aromatic nitrogens is 1. The standard InChI is InChI=1S/C23H14NO/c1-2-8-15(9-3-1)22-21-19-13-7-6-12-18(19)20-14-16-10-4-5-11-17(16)23(25-22)24(20)21/h1-14H/q+1. The molecule has 0 atom stereocenters. The third-order valence-electron chi connectivity index (χ3n) is 5.06. The van der Waals surface area contributed by atoms with Crippen LogP contribution in [0.15, 0.2) is 89.3 Å². The first-order valence-electron chi connectivity index (χ1n) is 8.47. The summed E-state index contributed by atoms with van der Waals surface area (Å²) in [5, 5.41) is 2.34. The Labute approximate surface area is 144 Å². The van der Waals surface area contributed by atoms with Crippen molar-refractivity contribution in [2.24, 2.45) is 0 Å². The number of hydrogen-bond donors (Lipinski definition) is 0. The molecule has 116 valence electrons. The fourth-order valence-electron chi connectivity index (χ4n) is 3.97. The van der Waals surface area contributed by atoms with Gasteiger partial charge in [0, 0.05) is 11.6 Å². The number of hydrogen-bond acceptors (Lipinski definition) is 1. The van der Waals surface area contributed by atoms with Gasteiger partial charge in [-0.2, -0.15) is 0 Å². The van der Waals surface area contributed by atoms with Gasteiger partial charge in [-0.15, -0.1) is 4.40 Å². The van der Waals surface area contributed by atoms with Gasteiger partial charge in [-0.3, -0.25) is 0 Å². The molecule has 0 amide bonds. The molecular weight excluding hydrogens is 306 g/mol. The highest BCUT2D eigenvalue weighted by atomic mass is 16.4. The van der Waals surface area contributed by atoms with E-state index >= 15 is 0 Å². The molecule has 25 heavy (non-hydrogen) atoms. The summed E-state index contributed by atoms with van der Waals surface area (Å²) in [6, 6.07) is 29.6. The Bertz CT molecular complexity index is 1280. The van der Waals surface area contributed by atoms with E-state index in [-0.39, 0.29) is 0 Å². The molecule has 1 aliphatic rings. The molecule has 6 rings (SSSR count). The van der Waals surface area contributed by atoms with Crippen molar-refractivity contribution in [2.45, 2.75) is 0 Å². The van der Waals surface area contributed by atoms with E-state index in [9.17, 15) is 0 Å². The molecule has 0 unspecified atom stereocenters. The Kier molecular flexibility index (Phi) is 2.37. The summed E-state index contributed by atoms with van der Waals surface area (Å²) in [5.41, 5.74) is 6.87. The molecule has 2 heteroatoms. The second-order valence-corrected chi connectivity index (χ2v) is 6.45. The number of fused-ring (bicyclic) bond motifs is 5. The lowest BCUT2D eigenvalue weighted by Crippen LogP contribution is -2.21. The summed E-state index contributed by atoms with van der Waals surface area (Å²) in [7, 11) is 0. The Hall–Kier alpha value is -3.39. The number of oxazole rings is 1. The van der Waals surface area contributed by atoms with E-state index in [1.54, 1.807) is 0 Å². The van der Waals surface area contributed by atoms with E-state index < -0.39 is 0 Å². The smallest absolute Gasteiger partial charge is 0.388 e. The van der Waals surface area contributed by atoms with Crippen LogP contribution >= 0.6 is 0 Å². The molecule has 2 nitrogen and oxygen atoms in total. The maximum absolute atomic E-state index is 6.45. The highest BCUT2D eigenvalue weighted by molar-refractivity contribution is 5.98. The van der Waals surface area contributed by atoms with Crippen molar-refractivity contribution in [3.05, 3.63) is 84.9 Å². The highest BCUT2D eigenvalue weighted by Crippen LogP contribution is 2.43. The van der Waals surface area contributed by atoms with Crippen LogP contribution in [0.4, 0.5) is 0 Å². The van der Waals surface area contributed by atoms with Gasteiger partial charge in [0.25, 0.3) is 5.69 Å². The van der Waals surface area contributed by atoms with Crippen LogP contribution in [0.3, 0.4) is 0 Å². The van der Waals surface area contributed by atoms with E-state index in [0.29, 0.717) is 0 Å². The first kappa shape index (κ1) is 13.0. The summed E-state index contributed by atoms with van der Waals surface area (Å²) in [6.45, 7) is 0. The Morgan fingerprint density at radius 3 is 2.28 bits per heavy atom. The van der Waals surface area contributed by atoms with Crippen molar-refractivity contribution < 1.29 is 8.82 Å². The minimum atomic E-state index is 0.915. The molecule has 0 saturated carbocycles. The first-order chi connectivity index (χ1) is 12.4. The quantitative estimate of drug-likeness (QED) is 0.366. The lowest BCUT2D eigenvalue weighted by Gasteiger charge is -1.99. The molecule has 0 radical (unpaired) electrons. The maximum atomic E-state index is 6.45. The van der Waals surface area contributed by atoms with Crippen molar-refractivity contribution in [3.63, 3.8) is 0 Å². The SMILES string of the molecule is c1ccc(-c2oc3c4ccccc4cc4[n+]3c2-c2ccccc2-4)cc1. The molecule has 3 aromatic carbocycles. The third kappa shape index (κ3) is 1.61. The van der Waals surface area contributed by atoms with Crippen molar-refractivity contribution >= 4 is 16.5 Å². The molecule has 0 saturated heterocycles. The third-order valence-corrected chi connectivity index (χ3v) is 5.06. The summed E-state index contributed by atoms with van der Waals surface area (Å²) in [6.07, 6.45) is 0. The van der Waals surface area contributed by atoms with Gasteiger partial charge >= 0.3 is 5.71 Å². The summed E-state index contributed by atoms with van der Waals surface area (Å²) in [4.78, 5) is 0. The number of nitrogens with zero attached hydrogens (tertiary/aromatic N) is 1. The summed E-state index contributed by atoms with van der Waals surface area (Å²) in [5.74, 6) is 0.933. The number of pyridine rings is 1. The van der Waals surface area contributed by atoms with Crippen LogP contribution in [0.2, 0.25) is 0 Å². The van der Waals surface area contributed by atoms with Crippen molar-refractivity contribution in [1.82, 2.24) is 0 Å². The lowest BCUT2D eigenvalue weighted by atomic mass is 10.0. The lowest BCUT2D eigenvalue weighted by molar-refractivity contribution is -0.484. The average molecular weight is 320 g/mol. The molecule has 0 N–H and O–H groups in total. The van der Waals surface area contributed by atoms with Gasteiger partial charge in [0.2, 0.25) is 11.5 Å². The Morgan fingerprint density at radius 1 is 0.680 bits per heavy atom. The molecule has 3 heterocycles. The zero-order valence-corrected chi connectivity index (χ0v) is 13.4. The second-order valence-electron chi connectivity index (χ2n) is 6.45. The maximum Gasteiger partial charge on any atom is 0.388 e. The number of rotatable bonds is 1. The monoisotopic (exact) mass is 320 g/mol. The normalized spacial score (nSPS) is 12.0. The predicted molar refractivity (Wildman–Crippen MR) is 99.2 cm³/mol. The van der Waals surface area contributed by atoms with Crippen LogP contribution in [0.5, 0.6) is 0 Å². The van der Waals surface area contributed by atoms with Gasteiger partial charge in [-0.05, 0) is 23.6 Å². The average Bonchev–Trinajstić information content (AvgIpc) is 3.23. The molecule has 0 aliphatic carbocycles. The van der Waals surface area contributed by atoms with Gasteiger partial charge in [-0.1, -0.05) is 60.7 Å². The van der Waals surface area contributed by atoms with Crippen LogP contribution in [-0.2, 0) is 0 Å². The number of benzene rings is 3. The minimum Gasteiger partial charge on any atom is -0.396 e. The molecular formula is C23H14NO+. The minimum absolute atomic E-state index is 0.915. The molecule has 2 aromatic heterocycles. The fourth-order valence-corrected chi connectivity index (χ4v) is 3.97. The van der Waals surface area contributed by atoms with Gasteiger partial charge in [0.15, 0.2) is 0 Å². The van der Waals surface area contributed by atoms with Crippen molar-refractivity contribution in [3.8, 4) is 33.8 Å². The molecule has 0 fully saturated rings. The molecule has 5 aromatic rings. The second kappa shape index (κ2) is 4.58. The predicted octanol–water partition coefficient (Wildman–Crippen LogP) is 5.49. The molecule has 1 aliphatic heterocycles. The summed E-state index contributed by atoms with van der Waals surface area (Å²) < 4.78 is 8.72. The highest BCUT2D eigenvalue weighted by Gasteiger charge is 2.38. The van der Waals surface area contributed by atoms with Crippen LogP contribution in [0.25, 0.3) is 50.3 Å². The molecule has 0 spiro atoms. The zero-order chi connectivity index (χ0) is 16.4. The van der Waals surface area contributed by atoms with Gasteiger partial charge in [-0.25, -0.2) is 0 Å². The van der Waals surface area contributed by atoms with Crippen LogP contribution in [-0.4, -0.2) is 0 Å². The van der Waals surface area contributed by atoms with E-state index in [1.165, 1.54) is 22.2 Å². The molecule has 0 bridgehead atoms. The zero-order valence-electron chi connectivity index (χ0n) is 13.4. The largest absolute Gasteiger partial charge is 0.396 e. The van der Waals surface area contributed by atoms with E-state index in [4.69, 9.17) is 4.42 Å². The first-order valence-corrected chi connectivity index (χ1v) is 8.47. The van der Waals surface area contributed by atoms with Gasteiger partial charge < -0.3 is 4.42 Å². The van der Waals surface area contributed by atoms with Gasteiger partial charge in [0.1, 0.15) is 0 Å². The van der Waals surface area contributed by atoms with Gasteiger partial charge in [0.05, 0.1) is 16.5 Å². The Morgan fingerprint density at radius 2 is 1.40 bits per heavy atom. The Balaban J connectivity index is 1.87. The van der Waals surface area contributed by atoms with Crippen LogP contribution in [0, 0.1) is 0 Å². The topological polar surface area (TPSA) is 17.2 Å². The van der Waals surface area contributed by atoms with Crippen molar-refractivity contribution in [1.29, 1.82) is 0 Å². The summed E-state index contributed by atoms with van der Waals surface area (Å²) >= 11 is 0. The fraction of sp³-hybridized carbons (Fsp3) is 0. The van der Waals surface area contributed by atoms with E-state index in [2.05, 4.69) is 83.3 Å². The van der Waals surface area contributed by atoms with Crippen LogP contribution in [0.1, 0.15) is 0 Å². The van der Waals surface area contributed by atoms with Crippen molar-refractivity contribution in [2.75, 3.05) is 0 Å². The van der Waals surface area contributed by atoms with Crippen LogP contribution < -0.4 is 4.40 Å². The van der Waals surface area contributed by atoms with E-state index in [0.717, 1.165) is 28.1 Å².